The number of hydrogen-bond acceptors (Lipinski definition) is 6. The molecule has 1 aliphatic rings. The molecule has 0 N–H and O–H groups in total. The Labute approximate surface area is 94.8 Å². The monoisotopic (exact) mass is 252 g/mol. The number of carbonyl (C=O) groups excluding carboxylic acids is 3. The van der Waals surface area contributed by atoms with E-state index in [4.69, 9.17) is 0 Å². The van der Waals surface area contributed by atoms with E-state index in [2.05, 4.69) is 14.2 Å². The van der Waals surface area contributed by atoms with Crippen LogP contribution in [-0.2, 0) is 28.6 Å². The van der Waals surface area contributed by atoms with Crippen molar-refractivity contribution in [3.8, 4) is 0 Å². The zero-order valence-electron chi connectivity index (χ0n) is 8.90. The summed E-state index contributed by atoms with van der Waals surface area (Å²) in [6.07, 6.45) is -0.856. The number of halogens is 2. The summed E-state index contributed by atoms with van der Waals surface area (Å²) in [5.41, 5.74) is 0. The molecule has 0 aromatic carbocycles. The van der Waals surface area contributed by atoms with Crippen molar-refractivity contribution in [2.45, 2.75) is 25.4 Å². The zero-order valence-corrected chi connectivity index (χ0v) is 8.90. The summed E-state index contributed by atoms with van der Waals surface area (Å²) in [6.45, 7) is -0.495. The van der Waals surface area contributed by atoms with Gasteiger partial charge in [-0.05, 0) is 0 Å². The predicted octanol–water partition coefficient (Wildman–Crippen LogP) is 0.0435. The maximum absolute atomic E-state index is 12.3. The minimum absolute atomic E-state index is 0.129. The molecule has 1 aliphatic heterocycles. The van der Waals surface area contributed by atoms with Gasteiger partial charge in [-0.3, -0.25) is 0 Å². The van der Waals surface area contributed by atoms with E-state index in [0.717, 1.165) is 0 Å². The highest BCUT2D eigenvalue weighted by Crippen LogP contribution is 2.14. The normalized spacial score (nSPS) is 19.7. The second-order valence-electron chi connectivity index (χ2n) is 3.40. The molecule has 0 aliphatic carbocycles. The van der Waals surface area contributed by atoms with E-state index in [9.17, 15) is 23.2 Å². The molecule has 0 bridgehead atoms. The summed E-state index contributed by atoms with van der Waals surface area (Å²) in [7, 11) is 0. The van der Waals surface area contributed by atoms with Crippen LogP contribution in [0.25, 0.3) is 0 Å². The van der Waals surface area contributed by atoms with Gasteiger partial charge in [0, 0.05) is 13.3 Å². The van der Waals surface area contributed by atoms with Crippen molar-refractivity contribution in [2.24, 2.45) is 0 Å². The molecule has 0 aromatic heterocycles. The van der Waals surface area contributed by atoms with Crippen molar-refractivity contribution >= 4 is 17.9 Å². The van der Waals surface area contributed by atoms with Gasteiger partial charge < -0.3 is 14.2 Å². The minimum Gasteiger partial charge on any atom is -0.463 e. The Kier molecular flexibility index (Phi) is 3.97. The summed E-state index contributed by atoms with van der Waals surface area (Å²) in [6, 6.07) is 0. The van der Waals surface area contributed by atoms with E-state index in [1.54, 1.807) is 0 Å². The lowest BCUT2D eigenvalue weighted by molar-refractivity contribution is -0.177. The quantitative estimate of drug-likeness (QED) is 0.519. The minimum atomic E-state index is -3.67. The van der Waals surface area contributed by atoms with Crippen molar-refractivity contribution < 1.29 is 37.4 Å². The molecule has 1 rings (SSSR count). The van der Waals surface area contributed by atoms with Gasteiger partial charge in [0.1, 0.15) is 0 Å². The van der Waals surface area contributed by atoms with Gasteiger partial charge in [0.25, 0.3) is 0 Å². The Hall–Kier alpha value is -1.73. The third kappa shape index (κ3) is 3.97. The van der Waals surface area contributed by atoms with Crippen LogP contribution in [0.4, 0.5) is 8.78 Å². The van der Waals surface area contributed by atoms with Crippen LogP contribution in [0.2, 0.25) is 0 Å². The molecule has 8 heteroatoms. The summed E-state index contributed by atoms with van der Waals surface area (Å²) in [5.74, 6) is -7.28. The number of carbonyl (C=O) groups is 3. The highest BCUT2D eigenvalue weighted by molar-refractivity contribution is 5.83. The number of esters is 3. The molecule has 96 valence electrons. The van der Waals surface area contributed by atoms with E-state index in [1.165, 1.54) is 0 Å². The van der Waals surface area contributed by atoms with E-state index < -0.39 is 36.5 Å². The smallest absolute Gasteiger partial charge is 0.377 e. The van der Waals surface area contributed by atoms with Crippen LogP contribution >= 0.6 is 0 Å². The van der Waals surface area contributed by atoms with Crippen molar-refractivity contribution in [3.05, 3.63) is 0 Å². The van der Waals surface area contributed by atoms with Gasteiger partial charge in [0.15, 0.2) is 6.61 Å². The van der Waals surface area contributed by atoms with E-state index in [0.29, 0.717) is 6.92 Å². The Bertz CT molecular complexity index is 335. The van der Waals surface area contributed by atoms with Crippen LogP contribution in [0.1, 0.15) is 13.3 Å². The molecule has 1 fully saturated rings. The molecule has 6 nitrogen and oxygen atoms in total. The Morgan fingerprint density at radius 3 is 2.65 bits per heavy atom. The van der Waals surface area contributed by atoms with Crippen LogP contribution in [0, 0.1) is 0 Å². The molecule has 0 spiro atoms. The van der Waals surface area contributed by atoms with Gasteiger partial charge in [-0.1, -0.05) is 0 Å². The number of rotatable bonds is 4. The molecule has 1 atom stereocenters. The highest BCUT2D eigenvalue weighted by atomic mass is 19.3. The lowest BCUT2D eigenvalue weighted by Gasteiger charge is -2.11. The van der Waals surface area contributed by atoms with Gasteiger partial charge in [-0.25, -0.2) is 14.4 Å². The number of cyclic esters (lactones) is 1. The standard InChI is InChI=1S/C9H10F2O6/c1-9(10,11)8(14)16-4-6(12)17-5-2-3-15-7(5)13/h5H,2-4H2,1H3. The Morgan fingerprint density at radius 2 is 2.18 bits per heavy atom. The molecule has 0 amide bonds. The molecule has 1 saturated heterocycles. The summed E-state index contributed by atoms with van der Waals surface area (Å²) >= 11 is 0. The third-order valence-corrected chi connectivity index (χ3v) is 1.84. The van der Waals surface area contributed by atoms with Crippen LogP contribution in [0.3, 0.4) is 0 Å². The third-order valence-electron chi connectivity index (χ3n) is 1.84. The van der Waals surface area contributed by atoms with E-state index in [-0.39, 0.29) is 13.0 Å². The van der Waals surface area contributed by atoms with Gasteiger partial charge in [0.2, 0.25) is 6.10 Å². The summed E-state index contributed by atoms with van der Waals surface area (Å²) < 4.78 is 37.7. The first-order valence-electron chi connectivity index (χ1n) is 4.72. The fraction of sp³-hybridized carbons (Fsp3) is 0.667. The molecule has 1 unspecified atom stereocenters. The first kappa shape index (κ1) is 13.3. The van der Waals surface area contributed by atoms with Crippen molar-refractivity contribution in [2.75, 3.05) is 13.2 Å². The first-order chi connectivity index (χ1) is 7.80. The van der Waals surface area contributed by atoms with E-state index in [1.807, 2.05) is 0 Å². The molecule has 0 saturated carbocycles. The van der Waals surface area contributed by atoms with Crippen LogP contribution in [-0.4, -0.2) is 43.1 Å². The highest BCUT2D eigenvalue weighted by Gasteiger charge is 2.35. The average Bonchev–Trinajstić information content (AvgIpc) is 2.59. The lowest BCUT2D eigenvalue weighted by atomic mass is 10.3. The van der Waals surface area contributed by atoms with Crippen LogP contribution in [0.5, 0.6) is 0 Å². The van der Waals surface area contributed by atoms with Crippen LogP contribution < -0.4 is 0 Å². The van der Waals surface area contributed by atoms with Gasteiger partial charge >= 0.3 is 23.8 Å². The van der Waals surface area contributed by atoms with Crippen molar-refractivity contribution in [1.29, 1.82) is 0 Å². The largest absolute Gasteiger partial charge is 0.463 e. The number of hydrogen-bond donors (Lipinski definition) is 0. The maximum atomic E-state index is 12.3. The first-order valence-corrected chi connectivity index (χ1v) is 4.72. The Balaban J connectivity index is 2.31. The molecule has 1 heterocycles. The summed E-state index contributed by atoms with van der Waals surface area (Å²) in [5, 5.41) is 0. The molecular formula is C9H10F2O6. The molecule has 0 radical (unpaired) electrons. The second-order valence-corrected chi connectivity index (χ2v) is 3.40. The fourth-order valence-corrected chi connectivity index (χ4v) is 1.03. The molecule has 0 aromatic rings. The number of ether oxygens (including phenoxy) is 3. The second kappa shape index (κ2) is 5.07. The molecular weight excluding hydrogens is 242 g/mol. The van der Waals surface area contributed by atoms with Crippen molar-refractivity contribution in [1.82, 2.24) is 0 Å². The van der Waals surface area contributed by atoms with Crippen molar-refractivity contribution in [3.63, 3.8) is 0 Å². The number of alkyl halides is 2. The van der Waals surface area contributed by atoms with Gasteiger partial charge in [-0.2, -0.15) is 8.78 Å². The summed E-state index contributed by atoms with van der Waals surface area (Å²) in [4.78, 5) is 32.5. The predicted molar refractivity (Wildman–Crippen MR) is 47.0 cm³/mol. The van der Waals surface area contributed by atoms with Gasteiger partial charge in [-0.15, -0.1) is 0 Å². The SMILES string of the molecule is CC(F)(F)C(=O)OCC(=O)OC1CCOC1=O. The lowest BCUT2D eigenvalue weighted by Crippen LogP contribution is -2.31. The fourth-order valence-electron chi connectivity index (χ4n) is 1.03. The topological polar surface area (TPSA) is 78.9 Å². The van der Waals surface area contributed by atoms with Gasteiger partial charge in [0.05, 0.1) is 6.61 Å². The molecule has 17 heavy (non-hydrogen) atoms. The Morgan fingerprint density at radius 1 is 1.53 bits per heavy atom. The average molecular weight is 252 g/mol. The maximum Gasteiger partial charge on any atom is 0.377 e. The zero-order chi connectivity index (χ0) is 13.1. The van der Waals surface area contributed by atoms with Crippen LogP contribution in [0.15, 0.2) is 0 Å². The van der Waals surface area contributed by atoms with E-state index >= 15 is 0 Å².